The van der Waals surface area contributed by atoms with E-state index >= 15 is 0 Å². The average Bonchev–Trinajstić information content (AvgIpc) is 3.28. The van der Waals surface area contributed by atoms with Crippen LogP contribution >= 0.6 is 11.8 Å². The van der Waals surface area contributed by atoms with Crippen LogP contribution in [0, 0.1) is 18.8 Å². The number of carboxylic acids is 1. The summed E-state index contributed by atoms with van der Waals surface area (Å²) in [6.07, 6.45) is 4.39. The van der Waals surface area contributed by atoms with Crippen LogP contribution in [0.3, 0.4) is 0 Å². The zero-order valence-electron chi connectivity index (χ0n) is 19.0. The summed E-state index contributed by atoms with van der Waals surface area (Å²) in [4.78, 5) is 38.1. The van der Waals surface area contributed by atoms with Gasteiger partial charge in [-0.3, -0.25) is 14.4 Å². The van der Waals surface area contributed by atoms with Crippen LogP contribution in [0.25, 0.3) is 0 Å². The minimum atomic E-state index is -0.966. The van der Waals surface area contributed by atoms with Crippen LogP contribution in [0.1, 0.15) is 29.4 Å². The van der Waals surface area contributed by atoms with Gasteiger partial charge in [-0.25, -0.2) is 0 Å². The minimum Gasteiger partial charge on any atom is -0.481 e. The number of benzene rings is 2. The lowest BCUT2D eigenvalue weighted by molar-refractivity contribution is -0.146. The molecule has 0 fully saturated rings. The molecule has 3 unspecified atom stereocenters. The molecule has 4 rings (SSSR count). The third kappa shape index (κ3) is 6.19. The van der Waals surface area contributed by atoms with Crippen molar-refractivity contribution in [2.24, 2.45) is 11.8 Å². The Bertz CT molecular complexity index is 1220. The van der Waals surface area contributed by atoms with Gasteiger partial charge in [0.15, 0.2) is 5.82 Å². The molecule has 0 saturated heterocycles. The van der Waals surface area contributed by atoms with E-state index in [-0.39, 0.29) is 11.8 Å². The highest BCUT2D eigenvalue weighted by atomic mass is 32.2. The first-order valence-electron chi connectivity index (χ1n) is 11.1. The second-order valence-electron chi connectivity index (χ2n) is 8.23. The van der Waals surface area contributed by atoms with Crippen molar-refractivity contribution in [2.45, 2.75) is 29.9 Å². The summed E-state index contributed by atoms with van der Waals surface area (Å²) >= 11 is 1.37. The number of carboxylic acid groups (broad SMARTS) is 1. The van der Waals surface area contributed by atoms with Gasteiger partial charge >= 0.3 is 5.97 Å². The van der Waals surface area contributed by atoms with E-state index in [4.69, 9.17) is 4.52 Å². The number of nitrogens with one attached hydrogen (secondary N) is 2. The van der Waals surface area contributed by atoms with Gasteiger partial charge in [-0.05, 0) is 49.6 Å². The lowest BCUT2D eigenvalue weighted by atomic mass is 9.82. The number of amides is 2. The van der Waals surface area contributed by atoms with Crippen LogP contribution in [-0.4, -0.2) is 28.0 Å². The van der Waals surface area contributed by atoms with E-state index in [0.717, 1.165) is 10.5 Å². The van der Waals surface area contributed by atoms with Crippen LogP contribution in [0.2, 0.25) is 0 Å². The van der Waals surface area contributed by atoms with Gasteiger partial charge < -0.3 is 20.3 Å². The first-order chi connectivity index (χ1) is 16.9. The quantitative estimate of drug-likeness (QED) is 0.297. The van der Waals surface area contributed by atoms with E-state index in [0.29, 0.717) is 30.1 Å². The molecule has 0 bridgehead atoms. The number of hydrogen-bond donors (Lipinski definition) is 3. The predicted molar refractivity (Wildman–Crippen MR) is 133 cm³/mol. The Hall–Kier alpha value is -3.85. The first-order valence-corrected chi connectivity index (χ1v) is 12.0. The molecule has 3 N–H and O–H groups in total. The van der Waals surface area contributed by atoms with Gasteiger partial charge in [0, 0.05) is 16.6 Å². The van der Waals surface area contributed by atoms with Crippen molar-refractivity contribution < 1.29 is 24.0 Å². The Morgan fingerprint density at radius 1 is 1.00 bits per heavy atom. The Kier molecular flexibility index (Phi) is 7.67. The summed E-state index contributed by atoms with van der Waals surface area (Å²) in [5.41, 5.74) is 1.40. The molecule has 1 heterocycles. The molecule has 1 aliphatic carbocycles. The zero-order valence-corrected chi connectivity index (χ0v) is 19.8. The van der Waals surface area contributed by atoms with Crippen molar-refractivity contribution in [3.8, 4) is 0 Å². The standard InChI is InChI=1S/C26H25N3O5S/c1-16-15-22(29-34-16)28-25(31)23(17-7-3-2-4-8-17)35-19-13-11-18(12-14-19)27-24(30)20-9-5-6-10-21(20)26(32)33/h2-8,11-15,20-21,23H,9-10H2,1H3,(H,27,30)(H,32,33)(H,28,29,31). The maximum Gasteiger partial charge on any atom is 0.307 e. The third-order valence-electron chi connectivity index (χ3n) is 5.68. The molecule has 0 saturated carbocycles. The number of carbonyl (C=O) groups is 3. The molecule has 180 valence electrons. The van der Waals surface area contributed by atoms with E-state index < -0.39 is 23.1 Å². The molecule has 2 aromatic carbocycles. The number of rotatable bonds is 8. The Balaban J connectivity index is 1.45. The SMILES string of the molecule is Cc1cc(NC(=O)C(Sc2ccc(NC(=O)C3CC=CCC3C(=O)O)cc2)c2ccccc2)no1. The minimum absolute atomic E-state index is 0.239. The maximum absolute atomic E-state index is 13.1. The monoisotopic (exact) mass is 491 g/mol. The number of aromatic nitrogens is 1. The summed E-state index contributed by atoms with van der Waals surface area (Å²) in [6, 6.07) is 18.2. The molecular weight excluding hydrogens is 466 g/mol. The summed E-state index contributed by atoms with van der Waals surface area (Å²) in [7, 11) is 0. The van der Waals surface area contributed by atoms with Gasteiger partial charge in [-0.2, -0.15) is 0 Å². The van der Waals surface area contributed by atoms with Crippen molar-refractivity contribution in [2.75, 3.05) is 10.6 Å². The van der Waals surface area contributed by atoms with Crippen LogP contribution in [0.15, 0.2) is 82.2 Å². The molecule has 8 nitrogen and oxygen atoms in total. The van der Waals surface area contributed by atoms with Gasteiger partial charge in [0.2, 0.25) is 11.8 Å². The van der Waals surface area contributed by atoms with Gasteiger partial charge in [-0.1, -0.05) is 47.6 Å². The van der Waals surface area contributed by atoms with Crippen molar-refractivity contribution in [1.82, 2.24) is 5.16 Å². The van der Waals surface area contributed by atoms with E-state index in [1.54, 1.807) is 31.2 Å². The number of anilines is 2. The summed E-state index contributed by atoms with van der Waals surface area (Å²) in [6.45, 7) is 1.75. The molecule has 3 aromatic rings. The fraction of sp³-hybridized carbons (Fsp3) is 0.231. The lowest BCUT2D eigenvalue weighted by Crippen LogP contribution is -2.34. The van der Waals surface area contributed by atoms with E-state index in [9.17, 15) is 19.5 Å². The number of aryl methyl sites for hydroxylation is 1. The molecule has 0 spiro atoms. The first kappa shape index (κ1) is 24.3. The normalized spacial score (nSPS) is 18.0. The van der Waals surface area contributed by atoms with Gasteiger partial charge in [0.1, 0.15) is 11.0 Å². The Labute approximate surface area is 206 Å². The highest BCUT2D eigenvalue weighted by Crippen LogP contribution is 2.37. The highest BCUT2D eigenvalue weighted by Gasteiger charge is 2.34. The fourth-order valence-corrected chi connectivity index (χ4v) is 4.91. The zero-order chi connectivity index (χ0) is 24.8. The average molecular weight is 492 g/mol. The maximum atomic E-state index is 13.1. The van der Waals surface area contributed by atoms with Crippen molar-refractivity contribution >= 4 is 41.1 Å². The largest absolute Gasteiger partial charge is 0.481 e. The molecular formula is C26H25N3O5S. The molecule has 9 heteroatoms. The number of aliphatic carboxylic acids is 1. The van der Waals surface area contributed by atoms with E-state index in [1.165, 1.54) is 11.8 Å². The third-order valence-corrected chi connectivity index (χ3v) is 6.95. The summed E-state index contributed by atoms with van der Waals surface area (Å²) in [5.74, 6) is -1.91. The topological polar surface area (TPSA) is 122 Å². The van der Waals surface area contributed by atoms with Crippen molar-refractivity contribution in [3.05, 3.63) is 84.1 Å². The van der Waals surface area contributed by atoms with Crippen molar-refractivity contribution in [3.63, 3.8) is 0 Å². The number of hydrogen-bond acceptors (Lipinski definition) is 6. The fourth-order valence-electron chi connectivity index (χ4n) is 3.88. The molecule has 2 amide bonds. The van der Waals surface area contributed by atoms with Gasteiger partial charge in [0.25, 0.3) is 0 Å². The number of allylic oxidation sites excluding steroid dienone is 2. The second-order valence-corrected chi connectivity index (χ2v) is 9.41. The Morgan fingerprint density at radius 2 is 1.69 bits per heavy atom. The smallest absolute Gasteiger partial charge is 0.307 e. The van der Waals surface area contributed by atoms with Gasteiger partial charge in [-0.15, -0.1) is 11.8 Å². The van der Waals surface area contributed by atoms with Crippen LogP contribution in [0.5, 0.6) is 0 Å². The molecule has 1 aromatic heterocycles. The van der Waals surface area contributed by atoms with Crippen LogP contribution in [-0.2, 0) is 14.4 Å². The van der Waals surface area contributed by atoms with E-state index in [1.807, 2.05) is 48.5 Å². The molecule has 35 heavy (non-hydrogen) atoms. The lowest BCUT2D eigenvalue weighted by Gasteiger charge is -2.24. The molecule has 0 radical (unpaired) electrons. The number of thioether (sulfide) groups is 1. The molecule has 1 aliphatic rings. The summed E-state index contributed by atoms with van der Waals surface area (Å²) in [5, 5.41) is 18.3. The second kappa shape index (κ2) is 11.1. The number of carbonyl (C=O) groups excluding carboxylic acids is 2. The van der Waals surface area contributed by atoms with E-state index in [2.05, 4.69) is 15.8 Å². The Morgan fingerprint density at radius 3 is 2.31 bits per heavy atom. The molecule has 0 aliphatic heterocycles. The highest BCUT2D eigenvalue weighted by molar-refractivity contribution is 8.00. The van der Waals surface area contributed by atoms with Crippen molar-refractivity contribution in [1.29, 1.82) is 0 Å². The van der Waals surface area contributed by atoms with Crippen LogP contribution in [0.4, 0.5) is 11.5 Å². The summed E-state index contributed by atoms with van der Waals surface area (Å²) < 4.78 is 5.04. The van der Waals surface area contributed by atoms with Crippen LogP contribution < -0.4 is 10.6 Å². The molecule has 3 atom stereocenters. The number of nitrogens with zero attached hydrogens (tertiary/aromatic N) is 1. The van der Waals surface area contributed by atoms with Gasteiger partial charge in [0.05, 0.1) is 11.8 Å². The predicted octanol–water partition coefficient (Wildman–Crippen LogP) is 5.06.